The maximum atomic E-state index is 11.2. The Morgan fingerprint density at radius 2 is 2.36 bits per heavy atom. The van der Waals surface area contributed by atoms with Crippen molar-refractivity contribution in [1.29, 1.82) is 0 Å². The molecule has 0 saturated heterocycles. The van der Waals surface area contributed by atoms with Crippen LogP contribution in [0.3, 0.4) is 0 Å². The van der Waals surface area contributed by atoms with E-state index in [0.29, 0.717) is 18.3 Å². The van der Waals surface area contributed by atoms with Crippen molar-refractivity contribution in [2.75, 3.05) is 6.61 Å². The molecule has 0 aliphatic carbocycles. The number of esters is 1. The summed E-state index contributed by atoms with van der Waals surface area (Å²) in [7, 11) is 0. The highest BCUT2D eigenvalue weighted by molar-refractivity contribution is 5.71. The molecular weight excluding hydrogens is 180 g/mol. The Balaban J connectivity index is 2.17. The van der Waals surface area contributed by atoms with Crippen molar-refractivity contribution in [1.82, 2.24) is 0 Å². The van der Waals surface area contributed by atoms with Crippen LogP contribution >= 0.6 is 0 Å². The first-order chi connectivity index (χ1) is 6.68. The van der Waals surface area contributed by atoms with Crippen molar-refractivity contribution >= 4 is 5.97 Å². The summed E-state index contributed by atoms with van der Waals surface area (Å²) in [5.41, 5.74) is 0. The van der Waals surface area contributed by atoms with Crippen molar-refractivity contribution in [2.24, 2.45) is 5.92 Å². The lowest BCUT2D eigenvalue weighted by Gasteiger charge is -2.05. The van der Waals surface area contributed by atoms with E-state index in [1.807, 2.05) is 0 Å². The third-order valence-electron chi connectivity index (χ3n) is 1.86. The predicted octanol–water partition coefficient (Wildman–Crippen LogP) is 2.41. The Bertz CT molecular complexity index is 262. The number of hydrogen-bond donors (Lipinski definition) is 0. The molecule has 0 atom stereocenters. The average Bonchev–Trinajstić information content (AvgIpc) is 2.56. The fourth-order valence-corrected chi connectivity index (χ4v) is 1.01. The minimum atomic E-state index is -0.222. The zero-order valence-electron chi connectivity index (χ0n) is 8.66. The van der Waals surface area contributed by atoms with Gasteiger partial charge in [0.2, 0.25) is 0 Å². The smallest absolute Gasteiger partial charge is 0.313 e. The van der Waals surface area contributed by atoms with Crippen molar-refractivity contribution in [2.45, 2.75) is 26.7 Å². The van der Waals surface area contributed by atoms with Crippen molar-refractivity contribution in [3.8, 4) is 0 Å². The molecule has 14 heavy (non-hydrogen) atoms. The lowest BCUT2D eigenvalue weighted by atomic mass is 10.1. The van der Waals surface area contributed by atoms with Crippen LogP contribution in [0.1, 0.15) is 26.0 Å². The van der Waals surface area contributed by atoms with Crippen LogP contribution in [0.4, 0.5) is 0 Å². The van der Waals surface area contributed by atoms with Crippen LogP contribution in [-0.4, -0.2) is 12.6 Å². The van der Waals surface area contributed by atoms with E-state index in [-0.39, 0.29) is 12.4 Å². The van der Waals surface area contributed by atoms with Crippen LogP contribution in [0.5, 0.6) is 0 Å². The zero-order valence-corrected chi connectivity index (χ0v) is 8.66. The predicted molar refractivity (Wildman–Crippen MR) is 52.8 cm³/mol. The van der Waals surface area contributed by atoms with Gasteiger partial charge in [0.15, 0.2) is 0 Å². The summed E-state index contributed by atoms with van der Waals surface area (Å²) in [5.74, 6) is 0.992. The fourth-order valence-electron chi connectivity index (χ4n) is 1.01. The summed E-state index contributed by atoms with van der Waals surface area (Å²) in [6.45, 7) is 4.69. The van der Waals surface area contributed by atoms with Gasteiger partial charge in [-0.3, -0.25) is 4.79 Å². The molecule has 78 valence electrons. The minimum Gasteiger partial charge on any atom is -0.469 e. The molecule has 0 saturated carbocycles. The number of carbonyl (C=O) groups is 1. The quantitative estimate of drug-likeness (QED) is 0.679. The van der Waals surface area contributed by atoms with E-state index in [9.17, 15) is 4.79 Å². The molecule has 0 unspecified atom stereocenters. The molecule has 0 radical (unpaired) electrons. The second-order valence-corrected chi connectivity index (χ2v) is 3.66. The zero-order chi connectivity index (χ0) is 10.4. The molecule has 0 aromatic carbocycles. The molecule has 1 aromatic heterocycles. The van der Waals surface area contributed by atoms with Crippen LogP contribution in [0, 0.1) is 5.92 Å². The minimum absolute atomic E-state index is 0.222. The van der Waals surface area contributed by atoms with E-state index in [0.717, 1.165) is 6.42 Å². The standard InChI is InChI=1S/C11H16O3/c1-9(2)5-7-14-11(12)8-10-4-3-6-13-10/h3-4,6,9H,5,7-8H2,1-2H3. The Morgan fingerprint density at radius 3 is 2.93 bits per heavy atom. The summed E-state index contributed by atoms with van der Waals surface area (Å²) in [5, 5.41) is 0. The van der Waals surface area contributed by atoms with Gasteiger partial charge in [0, 0.05) is 0 Å². The fraction of sp³-hybridized carbons (Fsp3) is 0.545. The lowest BCUT2D eigenvalue weighted by molar-refractivity contribution is -0.143. The number of ether oxygens (including phenoxy) is 1. The highest BCUT2D eigenvalue weighted by Crippen LogP contribution is 2.03. The molecular formula is C11H16O3. The first-order valence-corrected chi connectivity index (χ1v) is 4.86. The van der Waals surface area contributed by atoms with Gasteiger partial charge in [-0.15, -0.1) is 0 Å². The SMILES string of the molecule is CC(C)CCOC(=O)Cc1ccco1. The molecule has 0 bridgehead atoms. The summed E-state index contributed by atoms with van der Waals surface area (Å²) < 4.78 is 10.1. The maximum Gasteiger partial charge on any atom is 0.313 e. The number of carbonyl (C=O) groups excluding carboxylic acids is 1. The van der Waals surface area contributed by atoms with Gasteiger partial charge in [-0.25, -0.2) is 0 Å². The largest absolute Gasteiger partial charge is 0.469 e. The van der Waals surface area contributed by atoms with E-state index in [1.54, 1.807) is 18.4 Å². The molecule has 0 amide bonds. The Labute approximate surface area is 84.1 Å². The van der Waals surface area contributed by atoms with Gasteiger partial charge in [-0.1, -0.05) is 13.8 Å². The summed E-state index contributed by atoms with van der Waals surface area (Å²) >= 11 is 0. The maximum absolute atomic E-state index is 11.2. The van der Waals surface area contributed by atoms with Crippen LogP contribution in [0.25, 0.3) is 0 Å². The average molecular weight is 196 g/mol. The van der Waals surface area contributed by atoms with Gasteiger partial charge in [0.25, 0.3) is 0 Å². The van der Waals surface area contributed by atoms with Crippen molar-refractivity contribution in [3.63, 3.8) is 0 Å². The molecule has 0 fully saturated rings. The van der Waals surface area contributed by atoms with Gasteiger partial charge >= 0.3 is 5.97 Å². The van der Waals surface area contributed by atoms with Crippen LogP contribution in [0.2, 0.25) is 0 Å². The number of rotatable bonds is 5. The van der Waals surface area contributed by atoms with Gasteiger partial charge in [-0.2, -0.15) is 0 Å². The van der Waals surface area contributed by atoms with Gasteiger partial charge < -0.3 is 9.15 Å². The molecule has 1 aromatic rings. The normalized spacial score (nSPS) is 10.5. The Kier molecular flexibility index (Phi) is 4.23. The molecule has 0 aliphatic heterocycles. The molecule has 0 spiro atoms. The van der Waals surface area contributed by atoms with E-state index < -0.39 is 0 Å². The first kappa shape index (κ1) is 10.8. The lowest BCUT2D eigenvalue weighted by Crippen LogP contribution is -2.09. The van der Waals surface area contributed by atoms with Crippen molar-refractivity contribution in [3.05, 3.63) is 24.2 Å². The van der Waals surface area contributed by atoms with E-state index in [1.165, 1.54) is 0 Å². The first-order valence-electron chi connectivity index (χ1n) is 4.86. The Hall–Kier alpha value is -1.25. The van der Waals surface area contributed by atoms with Crippen molar-refractivity contribution < 1.29 is 13.9 Å². The van der Waals surface area contributed by atoms with Gasteiger partial charge in [0.05, 0.1) is 12.9 Å². The summed E-state index contributed by atoms with van der Waals surface area (Å²) in [4.78, 5) is 11.2. The second kappa shape index (κ2) is 5.47. The van der Waals surface area contributed by atoms with E-state index in [4.69, 9.17) is 9.15 Å². The van der Waals surface area contributed by atoms with Crippen LogP contribution < -0.4 is 0 Å². The molecule has 3 nitrogen and oxygen atoms in total. The molecule has 1 heterocycles. The highest BCUT2D eigenvalue weighted by Gasteiger charge is 2.06. The monoisotopic (exact) mass is 196 g/mol. The summed E-state index contributed by atoms with van der Waals surface area (Å²) in [6, 6.07) is 3.53. The topological polar surface area (TPSA) is 39.4 Å². The van der Waals surface area contributed by atoms with E-state index in [2.05, 4.69) is 13.8 Å². The second-order valence-electron chi connectivity index (χ2n) is 3.66. The highest BCUT2D eigenvalue weighted by atomic mass is 16.5. The van der Waals surface area contributed by atoms with Gasteiger partial charge in [0.1, 0.15) is 12.2 Å². The number of hydrogen-bond acceptors (Lipinski definition) is 3. The third kappa shape index (κ3) is 4.12. The van der Waals surface area contributed by atoms with Gasteiger partial charge in [-0.05, 0) is 24.5 Å². The Morgan fingerprint density at radius 1 is 1.57 bits per heavy atom. The molecule has 0 N–H and O–H groups in total. The van der Waals surface area contributed by atoms with Crippen LogP contribution in [0.15, 0.2) is 22.8 Å². The molecule has 3 heteroatoms. The summed E-state index contributed by atoms with van der Waals surface area (Å²) in [6.07, 6.45) is 2.69. The molecule has 0 aliphatic rings. The van der Waals surface area contributed by atoms with Crippen LogP contribution in [-0.2, 0) is 16.0 Å². The van der Waals surface area contributed by atoms with E-state index >= 15 is 0 Å². The molecule has 1 rings (SSSR count). The number of furan rings is 1. The third-order valence-corrected chi connectivity index (χ3v) is 1.86.